The van der Waals surface area contributed by atoms with Crippen molar-refractivity contribution in [2.45, 2.75) is 38.8 Å². The molecule has 0 radical (unpaired) electrons. The molecule has 1 aliphatic heterocycles. The van der Waals surface area contributed by atoms with E-state index in [1.165, 1.54) is 0 Å². The van der Waals surface area contributed by atoms with Crippen LogP contribution in [0.2, 0.25) is 0 Å². The maximum atomic E-state index is 13.8. The quantitative estimate of drug-likeness (QED) is 0.773. The highest BCUT2D eigenvalue weighted by molar-refractivity contribution is 5.64. The van der Waals surface area contributed by atoms with Gasteiger partial charge >= 0.3 is 0 Å². The molecule has 1 saturated heterocycles. The van der Waals surface area contributed by atoms with E-state index in [9.17, 15) is 18.3 Å². The highest BCUT2D eigenvalue weighted by atomic mass is 19.1. The summed E-state index contributed by atoms with van der Waals surface area (Å²) in [5.41, 5.74) is 1.17. The van der Waals surface area contributed by atoms with Crippen LogP contribution in [0.3, 0.4) is 0 Å². The second-order valence-electron chi connectivity index (χ2n) is 6.79. The summed E-state index contributed by atoms with van der Waals surface area (Å²) in [7, 11) is 0. The molecule has 2 aromatic rings. The third kappa shape index (κ3) is 4.51. The van der Waals surface area contributed by atoms with Gasteiger partial charge in [0.25, 0.3) is 0 Å². The van der Waals surface area contributed by atoms with Crippen LogP contribution in [0.15, 0.2) is 36.4 Å². The minimum atomic E-state index is -1.18. The number of benzene rings is 2. The molecule has 1 heterocycles. The fraction of sp³-hybridized carbons (Fsp3) is 0.429. The third-order valence-corrected chi connectivity index (χ3v) is 4.84. The predicted octanol–water partition coefficient (Wildman–Crippen LogP) is 4.92. The van der Waals surface area contributed by atoms with Gasteiger partial charge in [0, 0.05) is 11.5 Å². The van der Waals surface area contributed by atoms with Crippen LogP contribution in [-0.2, 0) is 16.1 Å². The molecule has 3 rings (SSSR count). The third-order valence-electron chi connectivity index (χ3n) is 4.84. The molecule has 3 nitrogen and oxygen atoms in total. The Kier molecular flexibility index (Phi) is 6.52. The van der Waals surface area contributed by atoms with Crippen molar-refractivity contribution < 1.29 is 27.8 Å². The fourth-order valence-corrected chi connectivity index (χ4v) is 3.19. The van der Waals surface area contributed by atoms with E-state index in [-0.39, 0.29) is 5.92 Å². The molecule has 1 fully saturated rings. The van der Waals surface area contributed by atoms with E-state index in [4.69, 9.17) is 9.47 Å². The predicted molar refractivity (Wildman–Crippen MR) is 95.7 cm³/mol. The van der Waals surface area contributed by atoms with Crippen LogP contribution in [0.4, 0.5) is 13.2 Å². The molecule has 1 unspecified atom stereocenters. The molecule has 0 aromatic heterocycles. The smallest absolute Gasteiger partial charge is 0.183 e. The van der Waals surface area contributed by atoms with Crippen molar-refractivity contribution in [2.24, 2.45) is 5.92 Å². The Balaban J connectivity index is 1.68. The molecule has 0 amide bonds. The van der Waals surface area contributed by atoms with E-state index in [1.807, 2.05) is 6.92 Å². The maximum absolute atomic E-state index is 13.8. The lowest BCUT2D eigenvalue weighted by Gasteiger charge is -2.32. The largest absolute Gasteiger partial charge is 0.393 e. The SMILES string of the molecule is CCCC(O)C1COC(c2ccc(-c3cc(F)c(CF)c(F)c3)cc2)OC1. The molecule has 6 heteroatoms. The van der Waals surface area contributed by atoms with E-state index in [0.29, 0.717) is 30.8 Å². The Bertz CT molecular complexity index is 733. The van der Waals surface area contributed by atoms with Gasteiger partial charge in [-0.25, -0.2) is 13.2 Å². The lowest BCUT2D eigenvalue weighted by atomic mass is 9.99. The number of rotatable bonds is 6. The Labute approximate surface area is 156 Å². The maximum Gasteiger partial charge on any atom is 0.183 e. The van der Waals surface area contributed by atoms with Crippen molar-refractivity contribution in [1.29, 1.82) is 0 Å². The minimum Gasteiger partial charge on any atom is -0.393 e. The molecule has 1 atom stereocenters. The summed E-state index contributed by atoms with van der Waals surface area (Å²) in [4.78, 5) is 0. The Hall–Kier alpha value is -1.89. The van der Waals surface area contributed by atoms with Crippen LogP contribution < -0.4 is 0 Å². The van der Waals surface area contributed by atoms with Crippen LogP contribution in [-0.4, -0.2) is 24.4 Å². The summed E-state index contributed by atoms with van der Waals surface area (Å²) in [6.07, 6.45) is 0.642. The van der Waals surface area contributed by atoms with E-state index in [1.54, 1.807) is 24.3 Å². The van der Waals surface area contributed by atoms with Gasteiger partial charge in [-0.1, -0.05) is 37.6 Å². The van der Waals surface area contributed by atoms with Crippen molar-refractivity contribution in [3.05, 3.63) is 59.2 Å². The van der Waals surface area contributed by atoms with Gasteiger partial charge in [-0.15, -0.1) is 0 Å². The normalized spacial score (nSPS) is 21.2. The molecule has 0 saturated carbocycles. The van der Waals surface area contributed by atoms with Gasteiger partial charge in [-0.3, -0.25) is 0 Å². The first-order valence-electron chi connectivity index (χ1n) is 9.09. The molecule has 0 bridgehead atoms. The molecular formula is C21H23F3O3. The summed E-state index contributed by atoms with van der Waals surface area (Å²) < 4.78 is 51.6. The van der Waals surface area contributed by atoms with Crippen molar-refractivity contribution in [3.63, 3.8) is 0 Å². The van der Waals surface area contributed by atoms with E-state index in [2.05, 4.69) is 0 Å². The summed E-state index contributed by atoms with van der Waals surface area (Å²) in [5, 5.41) is 10.0. The number of alkyl halides is 1. The Morgan fingerprint density at radius 3 is 2.15 bits per heavy atom. The summed E-state index contributed by atoms with van der Waals surface area (Å²) in [6, 6.07) is 9.21. The van der Waals surface area contributed by atoms with Gasteiger partial charge in [-0.05, 0) is 29.7 Å². The monoisotopic (exact) mass is 380 g/mol. The average molecular weight is 380 g/mol. The first kappa shape index (κ1) is 19.9. The first-order chi connectivity index (χ1) is 13.0. The fourth-order valence-electron chi connectivity index (χ4n) is 3.19. The van der Waals surface area contributed by atoms with Gasteiger partial charge < -0.3 is 14.6 Å². The first-order valence-corrected chi connectivity index (χ1v) is 9.09. The van der Waals surface area contributed by atoms with Gasteiger partial charge in [0.05, 0.1) is 24.9 Å². The molecule has 0 spiro atoms. The van der Waals surface area contributed by atoms with Crippen LogP contribution >= 0.6 is 0 Å². The molecule has 0 aliphatic carbocycles. The molecular weight excluding hydrogens is 357 g/mol. The van der Waals surface area contributed by atoms with Crippen LogP contribution in [0, 0.1) is 17.6 Å². The number of hydrogen-bond donors (Lipinski definition) is 1. The van der Waals surface area contributed by atoms with Crippen molar-refractivity contribution >= 4 is 0 Å². The lowest BCUT2D eigenvalue weighted by Crippen LogP contribution is -2.35. The molecule has 146 valence electrons. The molecule has 27 heavy (non-hydrogen) atoms. The summed E-state index contributed by atoms with van der Waals surface area (Å²) in [5.74, 6) is -1.83. The van der Waals surface area contributed by atoms with E-state index < -0.39 is 36.3 Å². The Morgan fingerprint density at radius 1 is 1.04 bits per heavy atom. The highest BCUT2D eigenvalue weighted by Gasteiger charge is 2.28. The molecule has 2 aromatic carbocycles. The van der Waals surface area contributed by atoms with Gasteiger partial charge in [0.2, 0.25) is 0 Å². The number of aliphatic hydroxyl groups excluding tert-OH is 1. The van der Waals surface area contributed by atoms with Crippen LogP contribution in [0.1, 0.15) is 37.2 Å². The van der Waals surface area contributed by atoms with Crippen LogP contribution in [0.25, 0.3) is 11.1 Å². The minimum absolute atomic E-state index is 0.0413. The second kappa shape index (κ2) is 8.87. The second-order valence-corrected chi connectivity index (χ2v) is 6.79. The zero-order chi connectivity index (χ0) is 19.4. The van der Waals surface area contributed by atoms with Crippen molar-refractivity contribution in [1.82, 2.24) is 0 Å². The average Bonchev–Trinajstić information content (AvgIpc) is 2.68. The molecule has 1 N–H and O–H groups in total. The number of ether oxygens (including phenoxy) is 2. The van der Waals surface area contributed by atoms with E-state index >= 15 is 0 Å². The summed E-state index contributed by atoms with van der Waals surface area (Å²) >= 11 is 0. The zero-order valence-corrected chi connectivity index (χ0v) is 15.1. The van der Waals surface area contributed by atoms with Gasteiger partial charge in [0.15, 0.2) is 6.29 Å². The van der Waals surface area contributed by atoms with Gasteiger partial charge in [-0.2, -0.15) is 0 Å². The highest BCUT2D eigenvalue weighted by Crippen LogP contribution is 2.30. The molecule has 1 aliphatic rings. The van der Waals surface area contributed by atoms with Gasteiger partial charge in [0.1, 0.15) is 18.3 Å². The zero-order valence-electron chi connectivity index (χ0n) is 15.1. The number of halogens is 3. The number of hydrogen-bond acceptors (Lipinski definition) is 3. The van der Waals surface area contributed by atoms with Crippen molar-refractivity contribution in [2.75, 3.05) is 13.2 Å². The Morgan fingerprint density at radius 2 is 1.63 bits per heavy atom. The topological polar surface area (TPSA) is 38.7 Å². The van der Waals surface area contributed by atoms with Crippen molar-refractivity contribution in [3.8, 4) is 11.1 Å². The standard InChI is InChI=1S/C21H23F3O3/c1-2-3-20(25)16-11-26-21(27-12-16)14-6-4-13(5-7-14)15-8-18(23)17(10-22)19(24)9-15/h4-9,16,20-21,25H,2-3,10-12H2,1H3. The summed E-state index contributed by atoms with van der Waals surface area (Å²) in [6.45, 7) is 1.66. The number of aliphatic hydroxyl groups is 1. The lowest BCUT2D eigenvalue weighted by molar-refractivity contribution is -0.219. The van der Waals surface area contributed by atoms with E-state index in [0.717, 1.165) is 24.1 Å². The van der Waals surface area contributed by atoms with Crippen LogP contribution in [0.5, 0.6) is 0 Å².